The van der Waals surface area contributed by atoms with Crippen LogP contribution < -0.4 is 4.90 Å². The van der Waals surface area contributed by atoms with E-state index in [2.05, 4.69) is 4.98 Å². The number of benzene rings is 2. The maximum atomic E-state index is 12.4. The van der Waals surface area contributed by atoms with Crippen molar-refractivity contribution in [2.24, 2.45) is 0 Å². The van der Waals surface area contributed by atoms with E-state index in [9.17, 15) is 9.59 Å². The van der Waals surface area contributed by atoms with Crippen LogP contribution in [0, 0.1) is 0 Å². The third-order valence-corrected chi connectivity index (χ3v) is 4.18. The Morgan fingerprint density at radius 2 is 1.65 bits per heavy atom. The van der Waals surface area contributed by atoms with E-state index < -0.39 is 0 Å². The minimum atomic E-state index is -0.278. The standard InChI is InChI=1S/C15H8N2O2S/c18-14-10-3-1-2-4-11(10)15(19)17(14)9-5-6-13-12(7-9)16-8-20-13/h1-8H. The average Bonchev–Trinajstić information content (AvgIpc) is 3.03. The summed E-state index contributed by atoms with van der Waals surface area (Å²) in [6.07, 6.45) is 0. The van der Waals surface area contributed by atoms with Crippen LogP contribution in [0.3, 0.4) is 0 Å². The second kappa shape index (κ2) is 3.98. The number of hydrogen-bond acceptors (Lipinski definition) is 4. The van der Waals surface area contributed by atoms with Crippen LogP contribution >= 0.6 is 11.3 Å². The van der Waals surface area contributed by atoms with Crippen LogP contribution in [0.15, 0.2) is 48.0 Å². The van der Waals surface area contributed by atoms with Gasteiger partial charge in [-0.15, -0.1) is 11.3 Å². The lowest BCUT2D eigenvalue weighted by Crippen LogP contribution is -2.29. The summed E-state index contributed by atoms with van der Waals surface area (Å²) < 4.78 is 1.03. The van der Waals surface area contributed by atoms with Crippen molar-refractivity contribution in [1.29, 1.82) is 0 Å². The number of thiazole rings is 1. The molecule has 0 radical (unpaired) electrons. The number of imide groups is 1. The highest BCUT2D eigenvalue weighted by Crippen LogP contribution is 2.30. The summed E-state index contributed by atoms with van der Waals surface area (Å²) in [4.78, 5) is 30.2. The van der Waals surface area contributed by atoms with Gasteiger partial charge < -0.3 is 0 Å². The quantitative estimate of drug-likeness (QED) is 0.644. The first-order valence-corrected chi connectivity index (χ1v) is 6.95. The van der Waals surface area contributed by atoms with Crippen molar-refractivity contribution >= 4 is 39.1 Å². The fourth-order valence-corrected chi connectivity index (χ4v) is 3.07. The molecular weight excluding hydrogens is 272 g/mol. The zero-order chi connectivity index (χ0) is 13.7. The maximum Gasteiger partial charge on any atom is 0.266 e. The highest BCUT2D eigenvalue weighted by molar-refractivity contribution is 7.16. The summed E-state index contributed by atoms with van der Waals surface area (Å²) in [5.74, 6) is -0.555. The van der Waals surface area contributed by atoms with Gasteiger partial charge in [-0.2, -0.15) is 0 Å². The van der Waals surface area contributed by atoms with Crippen molar-refractivity contribution in [2.45, 2.75) is 0 Å². The third-order valence-electron chi connectivity index (χ3n) is 3.37. The highest BCUT2D eigenvalue weighted by atomic mass is 32.1. The first kappa shape index (κ1) is 11.3. The van der Waals surface area contributed by atoms with Gasteiger partial charge in [0.05, 0.1) is 32.5 Å². The van der Waals surface area contributed by atoms with E-state index in [0.29, 0.717) is 16.8 Å². The molecular formula is C15H8N2O2S. The summed E-state index contributed by atoms with van der Waals surface area (Å²) in [6.45, 7) is 0. The minimum Gasteiger partial charge on any atom is -0.268 e. The van der Waals surface area contributed by atoms with E-state index in [0.717, 1.165) is 10.2 Å². The molecule has 4 nitrogen and oxygen atoms in total. The minimum absolute atomic E-state index is 0.278. The van der Waals surface area contributed by atoms with Crippen molar-refractivity contribution in [3.63, 3.8) is 0 Å². The molecule has 0 unspecified atom stereocenters. The van der Waals surface area contributed by atoms with Gasteiger partial charge in [-0.1, -0.05) is 12.1 Å². The van der Waals surface area contributed by atoms with Crippen molar-refractivity contribution < 1.29 is 9.59 Å². The largest absolute Gasteiger partial charge is 0.268 e. The lowest BCUT2D eigenvalue weighted by atomic mass is 10.1. The molecule has 0 atom stereocenters. The van der Waals surface area contributed by atoms with Gasteiger partial charge in [-0.25, -0.2) is 9.88 Å². The van der Waals surface area contributed by atoms with Crippen LogP contribution in [-0.4, -0.2) is 16.8 Å². The van der Waals surface area contributed by atoms with Gasteiger partial charge in [-0.05, 0) is 30.3 Å². The molecule has 2 amide bonds. The van der Waals surface area contributed by atoms with Crippen LogP contribution in [0.4, 0.5) is 5.69 Å². The van der Waals surface area contributed by atoms with Crippen molar-refractivity contribution in [3.05, 3.63) is 59.1 Å². The van der Waals surface area contributed by atoms with Gasteiger partial charge in [0.2, 0.25) is 0 Å². The second-order valence-electron chi connectivity index (χ2n) is 4.50. The topological polar surface area (TPSA) is 50.3 Å². The second-order valence-corrected chi connectivity index (χ2v) is 5.38. The molecule has 2 aromatic carbocycles. The number of anilines is 1. The number of amides is 2. The van der Waals surface area contributed by atoms with Crippen LogP contribution in [0.1, 0.15) is 20.7 Å². The number of nitrogens with zero attached hydrogens (tertiary/aromatic N) is 2. The van der Waals surface area contributed by atoms with E-state index >= 15 is 0 Å². The summed E-state index contributed by atoms with van der Waals surface area (Å²) >= 11 is 1.53. The summed E-state index contributed by atoms with van der Waals surface area (Å²) in [5, 5.41) is 0. The Bertz CT molecular complexity index is 834. The number of fused-ring (bicyclic) bond motifs is 2. The first-order chi connectivity index (χ1) is 9.75. The molecule has 0 fully saturated rings. The molecule has 5 heteroatoms. The number of rotatable bonds is 1. The summed E-state index contributed by atoms with van der Waals surface area (Å²) in [7, 11) is 0. The van der Waals surface area contributed by atoms with E-state index in [1.54, 1.807) is 41.9 Å². The molecule has 0 N–H and O–H groups in total. The molecule has 1 aliphatic heterocycles. The van der Waals surface area contributed by atoms with Gasteiger partial charge in [-0.3, -0.25) is 9.59 Å². The maximum absolute atomic E-state index is 12.4. The highest BCUT2D eigenvalue weighted by Gasteiger charge is 2.36. The number of hydrogen-bond donors (Lipinski definition) is 0. The molecule has 96 valence electrons. The number of aromatic nitrogens is 1. The molecule has 1 aliphatic rings. The zero-order valence-corrected chi connectivity index (χ0v) is 11.1. The molecule has 0 saturated carbocycles. The van der Waals surface area contributed by atoms with Crippen molar-refractivity contribution in [3.8, 4) is 0 Å². The van der Waals surface area contributed by atoms with Crippen LogP contribution in [0.25, 0.3) is 10.2 Å². The van der Waals surface area contributed by atoms with Crippen LogP contribution in [0.2, 0.25) is 0 Å². The Kier molecular flexibility index (Phi) is 2.25. The van der Waals surface area contributed by atoms with E-state index in [1.807, 2.05) is 6.07 Å². The summed E-state index contributed by atoms with van der Waals surface area (Å²) in [5.41, 5.74) is 4.02. The van der Waals surface area contributed by atoms with E-state index in [4.69, 9.17) is 0 Å². The zero-order valence-electron chi connectivity index (χ0n) is 10.2. The van der Waals surface area contributed by atoms with Gasteiger partial charge >= 0.3 is 0 Å². The van der Waals surface area contributed by atoms with E-state index in [-0.39, 0.29) is 11.8 Å². The molecule has 4 rings (SSSR count). The predicted molar refractivity (Wildman–Crippen MR) is 77.2 cm³/mol. The summed E-state index contributed by atoms with van der Waals surface area (Å²) in [6, 6.07) is 12.3. The first-order valence-electron chi connectivity index (χ1n) is 6.07. The van der Waals surface area contributed by atoms with Crippen LogP contribution in [-0.2, 0) is 0 Å². The number of carbonyl (C=O) groups is 2. The molecule has 1 aromatic heterocycles. The number of carbonyl (C=O) groups excluding carboxylic acids is 2. The molecule has 2 heterocycles. The smallest absolute Gasteiger partial charge is 0.266 e. The van der Waals surface area contributed by atoms with Gasteiger partial charge in [0.1, 0.15) is 0 Å². The normalized spacial score (nSPS) is 14.1. The lowest BCUT2D eigenvalue weighted by Gasteiger charge is -2.13. The van der Waals surface area contributed by atoms with Crippen molar-refractivity contribution in [2.75, 3.05) is 4.90 Å². The Morgan fingerprint density at radius 3 is 2.35 bits per heavy atom. The SMILES string of the molecule is O=C1c2ccccc2C(=O)N1c1ccc2scnc2c1. The third kappa shape index (κ3) is 1.44. The molecule has 20 heavy (non-hydrogen) atoms. The molecule has 0 aliphatic carbocycles. The lowest BCUT2D eigenvalue weighted by molar-refractivity contribution is 0.0926. The van der Waals surface area contributed by atoms with E-state index in [1.165, 1.54) is 16.2 Å². The average molecular weight is 280 g/mol. The Labute approximate surface area is 118 Å². The van der Waals surface area contributed by atoms with Crippen LogP contribution in [0.5, 0.6) is 0 Å². The van der Waals surface area contributed by atoms with Crippen molar-refractivity contribution in [1.82, 2.24) is 4.98 Å². The molecule has 0 spiro atoms. The van der Waals surface area contributed by atoms with Gasteiger partial charge in [0.15, 0.2) is 0 Å². The monoisotopic (exact) mass is 280 g/mol. The Balaban J connectivity index is 1.87. The molecule has 3 aromatic rings. The molecule has 0 saturated heterocycles. The molecule has 0 bridgehead atoms. The fourth-order valence-electron chi connectivity index (χ4n) is 2.41. The van der Waals surface area contributed by atoms with Gasteiger partial charge in [0.25, 0.3) is 11.8 Å². The Morgan fingerprint density at radius 1 is 0.950 bits per heavy atom. The predicted octanol–water partition coefficient (Wildman–Crippen LogP) is 3.10. The van der Waals surface area contributed by atoms with Gasteiger partial charge in [0, 0.05) is 0 Å². The fraction of sp³-hybridized carbons (Fsp3) is 0. The Hall–Kier alpha value is -2.53.